The summed E-state index contributed by atoms with van der Waals surface area (Å²) in [7, 11) is -0.933. The van der Waals surface area contributed by atoms with E-state index in [1.54, 1.807) is 55.6 Å². The molecule has 3 aromatic rings. The lowest BCUT2D eigenvalue weighted by atomic mass is 10.1. The van der Waals surface area contributed by atoms with Crippen LogP contribution in [0.15, 0.2) is 76.7 Å². The highest BCUT2D eigenvalue weighted by Crippen LogP contribution is 2.28. The molecule has 0 atom stereocenters. The Bertz CT molecular complexity index is 1290. The number of anilines is 1. The van der Waals surface area contributed by atoms with Crippen molar-refractivity contribution >= 4 is 27.8 Å². The minimum absolute atomic E-state index is 0.0928. The summed E-state index contributed by atoms with van der Waals surface area (Å²) in [6, 6.07) is 18.5. The van der Waals surface area contributed by atoms with E-state index in [4.69, 9.17) is 9.47 Å². The number of benzene rings is 3. The van der Waals surface area contributed by atoms with Crippen LogP contribution in [0.25, 0.3) is 0 Å². The van der Waals surface area contributed by atoms with Crippen molar-refractivity contribution in [1.82, 2.24) is 5.43 Å². The second kappa shape index (κ2) is 10.8. The van der Waals surface area contributed by atoms with Gasteiger partial charge < -0.3 is 9.47 Å². The Balaban J connectivity index is 1.86. The number of aryl methyl sites for hydroxylation is 1. The molecule has 0 aromatic heterocycles. The number of hydrazone groups is 1. The topological polar surface area (TPSA) is 97.3 Å². The maximum atomic E-state index is 13.5. The van der Waals surface area contributed by atoms with Crippen LogP contribution in [0.1, 0.15) is 16.7 Å². The Labute approximate surface area is 199 Å². The molecule has 0 saturated heterocycles. The maximum Gasteiger partial charge on any atom is 0.264 e. The quantitative estimate of drug-likeness (QED) is 0.372. The summed E-state index contributed by atoms with van der Waals surface area (Å²) in [5.74, 6) is 0.540. The average Bonchev–Trinajstić information content (AvgIpc) is 2.85. The maximum absolute atomic E-state index is 13.5. The fourth-order valence-corrected chi connectivity index (χ4v) is 4.79. The third-order valence-electron chi connectivity index (χ3n) is 5.30. The van der Waals surface area contributed by atoms with E-state index < -0.39 is 22.5 Å². The summed E-state index contributed by atoms with van der Waals surface area (Å²) >= 11 is 0. The molecule has 0 unspecified atom stereocenters. The number of sulfonamides is 1. The van der Waals surface area contributed by atoms with E-state index in [1.807, 2.05) is 19.9 Å². The monoisotopic (exact) mass is 481 g/mol. The Hall–Kier alpha value is -3.85. The molecule has 0 bridgehead atoms. The number of amides is 1. The van der Waals surface area contributed by atoms with Crippen molar-refractivity contribution in [3.63, 3.8) is 0 Å². The van der Waals surface area contributed by atoms with Crippen molar-refractivity contribution in [3.8, 4) is 11.5 Å². The molecule has 34 heavy (non-hydrogen) atoms. The van der Waals surface area contributed by atoms with Crippen LogP contribution in [0.4, 0.5) is 5.69 Å². The highest BCUT2D eigenvalue weighted by atomic mass is 32.2. The van der Waals surface area contributed by atoms with Crippen LogP contribution in [0.2, 0.25) is 0 Å². The summed E-state index contributed by atoms with van der Waals surface area (Å²) in [5.41, 5.74) is 5.13. The summed E-state index contributed by atoms with van der Waals surface area (Å²) < 4.78 is 38.5. The Morgan fingerprint density at radius 2 is 1.74 bits per heavy atom. The molecule has 0 spiro atoms. The van der Waals surface area contributed by atoms with Crippen LogP contribution in [-0.2, 0) is 14.8 Å². The van der Waals surface area contributed by atoms with Crippen molar-refractivity contribution in [3.05, 3.63) is 83.4 Å². The first-order valence-electron chi connectivity index (χ1n) is 10.5. The summed E-state index contributed by atoms with van der Waals surface area (Å²) in [5, 5.41) is 3.98. The molecule has 3 rings (SSSR count). The van der Waals surface area contributed by atoms with E-state index in [1.165, 1.54) is 25.5 Å². The molecule has 1 N–H and O–H groups in total. The fourth-order valence-electron chi connectivity index (χ4n) is 3.29. The van der Waals surface area contributed by atoms with Gasteiger partial charge in [-0.05, 0) is 55.3 Å². The minimum Gasteiger partial charge on any atom is -0.497 e. The van der Waals surface area contributed by atoms with Crippen molar-refractivity contribution in [2.45, 2.75) is 18.7 Å². The van der Waals surface area contributed by atoms with Crippen molar-refractivity contribution in [2.75, 3.05) is 25.1 Å². The number of nitrogens with one attached hydrogen (secondary N) is 1. The second-order valence-electron chi connectivity index (χ2n) is 7.44. The van der Waals surface area contributed by atoms with Crippen LogP contribution in [0.5, 0.6) is 11.5 Å². The number of hydrogen-bond acceptors (Lipinski definition) is 6. The van der Waals surface area contributed by atoms with Gasteiger partial charge in [0.25, 0.3) is 15.9 Å². The molecule has 0 aliphatic rings. The van der Waals surface area contributed by atoms with E-state index >= 15 is 0 Å². The molecule has 178 valence electrons. The Kier molecular flexibility index (Phi) is 7.91. The number of hydrogen-bond donors (Lipinski definition) is 1. The molecule has 0 aliphatic heterocycles. The van der Waals surface area contributed by atoms with Gasteiger partial charge in [0.1, 0.15) is 18.0 Å². The molecule has 0 heterocycles. The molecule has 8 nitrogen and oxygen atoms in total. The van der Waals surface area contributed by atoms with E-state index in [0.717, 1.165) is 15.4 Å². The molecular weight excluding hydrogens is 454 g/mol. The van der Waals surface area contributed by atoms with E-state index in [0.29, 0.717) is 22.7 Å². The van der Waals surface area contributed by atoms with Gasteiger partial charge in [-0.1, -0.05) is 30.3 Å². The van der Waals surface area contributed by atoms with Gasteiger partial charge in [0.2, 0.25) is 0 Å². The number of carbonyl (C=O) groups excluding carboxylic acids is 1. The SMILES string of the molecule is COc1ccc(/C=N\NC(=O)CN(c2cccc(C)c2C)S(=O)(=O)c2ccccc2)c(OC)c1. The number of methoxy groups -OCH3 is 2. The van der Waals surface area contributed by atoms with E-state index in [2.05, 4.69) is 10.5 Å². The molecule has 3 aromatic carbocycles. The predicted molar refractivity (Wildman–Crippen MR) is 132 cm³/mol. The van der Waals surface area contributed by atoms with Crippen molar-refractivity contribution in [2.24, 2.45) is 5.10 Å². The first-order valence-corrected chi connectivity index (χ1v) is 11.9. The largest absolute Gasteiger partial charge is 0.497 e. The van der Waals surface area contributed by atoms with Gasteiger partial charge >= 0.3 is 0 Å². The minimum atomic E-state index is -4.00. The zero-order valence-corrected chi connectivity index (χ0v) is 20.3. The third kappa shape index (κ3) is 5.55. The fraction of sp³-hybridized carbons (Fsp3) is 0.200. The molecule has 9 heteroatoms. The van der Waals surface area contributed by atoms with Gasteiger partial charge in [0.05, 0.1) is 31.0 Å². The van der Waals surface area contributed by atoms with E-state index in [-0.39, 0.29) is 4.90 Å². The van der Waals surface area contributed by atoms with Crippen molar-refractivity contribution in [1.29, 1.82) is 0 Å². The van der Waals surface area contributed by atoms with Crippen LogP contribution in [0.3, 0.4) is 0 Å². The summed E-state index contributed by atoms with van der Waals surface area (Å²) in [6.07, 6.45) is 1.42. The van der Waals surface area contributed by atoms with Gasteiger partial charge in [0, 0.05) is 11.6 Å². The van der Waals surface area contributed by atoms with Gasteiger partial charge in [-0.15, -0.1) is 0 Å². The highest BCUT2D eigenvalue weighted by molar-refractivity contribution is 7.92. The lowest BCUT2D eigenvalue weighted by Crippen LogP contribution is -2.40. The average molecular weight is 482 g/mol. The predicted octanol–water partition coefficient (Wildman–Crippen LogP) is 3.67. The molecule has 0 aliphatic carbocycles. The lowest BCUT2D eigenvalue weighted by Gasteiger charge is -2.26. The van der Waals surface area contributed by atoms with Crippen LogP contribution >= 0.6 is 0 Å². The number of nitrogens with zero attached hydrogens (tertiary/aromatic N) is 2. The van der Waals surface area contributed by atoms with Gasteiger partial charge in [-0.3, -0.25) is 9.10 Å². The molecule has 1 amide bonds. The highest BCUT2D eigenvalue weighted by Gasteiger charge is 2.28. The van der Waals surface area contributed by atoms with Gasteiger partial charge in [-0.25, -0.2) is 13.8 Å². The number of carbonyl (C=O) groups is 1. The smallest absolute Gasteiger partial charge is 0.264 e. The zero-order valence-electron chi connectivity index (χ0n) is 19.5. The summed E-state index contributed by atoms with van der Waals surface area (Å²) in [4.78, 5) is 12.9. The van der Waals surface area contributed by atoms with Crippen LogP contribution < -0.4 is 19.2 Å². The van der Waals surface area contributed by atoms with Crippen molar-refractivity contribution < 1.29 is 22.7 Å². The Morgan fingerprint density at radius 3 is 2.41 bits per heavy atom. The van der Waals surface area contributed by atoms with Crippen LogP contribution in [0, 0.1) is 13.8 Å². The normalized spacial score (nSPS) is 11.3. The lowest BCUT2D eigenvalue weighted by molar-refractivity contribution is -0.119. The molecule has 0 saturated carbocycles. The molecule has 0 radical (unpaired) electrons. The second-order valence-corrected chi connectivity index (χ2v) is 9.31. The number of rotatable bonds is 9. The first kappa shape index (κ1) is 24.8. The van der Waals surface area contributed by atoms with Crippen LogP contribution in [-0.4, -0.2) is 41.3 Å². The molecular formula is C25H27N3O5S. The first-order chi connectivity index (χ1) is 16.3. The third-order valence-corrected chi connectivity index (χ3v) is 7.07. The number of ether oxygens (including phenoxy) is 2. The standard InChI is InChI=1S/C25H27N3O5S/c1-18-9-8-12-23(19(18)2)28(34(30,31)22-10-6-5-7-11-22)17-25(29)27-26-16-20-13-14-21(32-3)15-24(20)33-4/h5-16H,17H2,1-4H3,(H,27,29)/b26-16-. The summed E-state index contributed by atoms with van der Waals surface area (Å²) in [6.45, 7) is 3.27. The van der Waals surface area contributed by atoms with Gasteiger partial charge in [0.15, 0.2) is 0 Å². The Morgan fingerprint density at radius 1 is 1.00 bits per heavy atom. The molecule has 0 fully saturated rings. The van der Waals surface area contributed by atoms with E-state index in [9.17, 15) is 13.2 Å². The zero-order chi connectivity index (χ0) is 24.7. The van der Waals surface area contributed by atoms with Gasteiger partial charge in [-0.2, -0.15) is 5.10 Å².